The van der Waals surface area contributed by atoms with Crippen LogP contribution in [0.25, 0.3) is 5.00 Å². The molecule has 4 aliphatic rings. The lowest BCUT2D eigenvalue weighted by Crippen LogP contribution is -2.55. The molecule has 10 rings (SSSR count). The SMILES string of the molecule is Cc1sc2c(c1C)C(c1ccc(N3CCN(CC4CN(c5ccccc5)C4)CC3)cc1)=N[C@@H](C)c1nnc(C)n1-2.Oc1ccc2c(c1)CCCC2.c1ccccc1. The van der Waals surface area contributed by atoms with Crippen molar-refractivity contribution < 1.29 is 5.11 Å². The van der Waals surface area contributed by atoms with Crippen LogP contribution in [-0.4, -0.2) is 76.3 Å². The zero-order valence-electron chi connectivity index (χ0n) is 33.8. The average molecular weight is 778 g/mol. The summed E-state index contributed by atoms with van der Waals surface area (Å²) < 4.78 is 2.21. The average Bonchev–Trinajstić information content (AvgIpc) is 3.73. The number of aliphatic imine (C=N–C) groups is 1. The number of aromatic nitrogens is 3. The molecule has 1 aliphatic carbocycles. The van der Waals surface area contributed by atoms with E-state index in [9.17, 15) is 5.11 Å². The molecule has 2 saturated heterocycles. The first-order valence-electron chi connectivity index (χ1n) is 20.6. The van der Waals surface area contributed by atoms with E-state index >= 15 is 0 Å². The molecular weight excluding hydrogens is 723 g/mol. The van der Waals surface area contributed by atoms with E-state index in [2.05, 4.69) is 105 Å². The fraction of sp³-hybridized carbons (Fsp3) is 0.354. The maximum atomic E-state index is 9.19. The molecule has 2 fully saturated rings. The number of benzene rings is 4. The van der Waals surface area contributed by atoms with Gasteiger partial charge < -0.3 is 14.9 Å². The van der Waals surface area contributed by atoms with E-state index in [-0.39, 0.29) is 6.04 Å². The third kappa shape index (κ3) is 8.70. The van der Waals surface area contributed by atoms with Crippen LogP contribution in [0.4, 0.5) is 11.4 Å². The van der Waals surface area contributed by atoms with Crippen LogP contribution in [0.5, 0.6) is 5.75 Å². The van der Waals surface area contributed by atoms with Gasteiger partial charge in [-0.05, 0) is 106 Å². The van der Waals surface area contributed by atoms with Crippen molar-refractivity contribution in [3.05, 3.63) is 154 Å². The highest BCUT2D eigenvalue weighted by atomic mass is 32.1. The molecule has 1 N–H and O–H groups in total. The Kier molecular flexibility index (Phi) is 11.8. The van der Waals surface area contributed by atoms with Gasteiger partial charge in [-0.3, -0.25) is 14.5 Å². The molecule has 6 aromatic rings. The molecule has 0 amide bonds. The van der Waals surface area contributed by atoms with E-state index in [1.807, 2.05) is 66.8 Å². The number of phenols is 1. The van der Waals surface area contributed by atoms with E-state index in [0.717, 1.165) is 55.9 Å². The molecule has 0 unspecified atom stereocenters. The van der Waals surface area contributed by atoms with Gasteiger partial charge in [0.15, 0.2) is 5.82 Å². The molecule has 0 saturated carbocycles. The van der Waals surface area contributed by atoms with E-state index in [1.54, 1.807) is 6.07 Å². The number of nitrogens with zero attached hydrogens (tertiary/aromatic N) is 7. The predicted octanol–water partition coefficient (Wildman–Crippen LogP) is 9.38. The molecule has 5 heterocycles. The Hall–Kier alpha value is -5.25. The van der Waals surface area contributed by atoms with E-state index < -0.39 is 0 Å². The lowest BCUT2D eigenvalue weighted by molar-refractivity contribution is 0.200. The van der Waals surface area contributed by atoms with Crippen LogP contribution in [0.3, 0.4) is 0 Å². The van der Waals surface area contributed by atoms with Gasteiger partial charge in [0.05, 0.1) is 5.71 Å². The van der Waals surface area contributed by atoms with E-state index in [1.165, 1.54) is 88.0 Å². The van der Waals surface area contributed by atoms with Crippen molar-refractivity contribution in [2.45, 2.75) is 59.4 Å². The van der Waals surface area contributed by atoms with Crippen molar-refractivity contribution in [2.24, 2.45) is 10.9 Å². The Morgan fingerprint density at radius 2 is 1.33 bits per heavy atom. The van der Waals surface area contributed by atoms with Crippen molar-refractivity contribution in [3.63, 3.8) is 0 Å². The lowest BCUT2D eigenvalue weighted by Gasteiger charge is -2.45. The summed E-state index contributed by atoms with van der Waals surface area (Å²) in [7, 11) is 0. The molecule has 0 spiro atoms. The highest BCUT2D eigenvalue weighted by molar-refractivity contribution is 7.15. The fourth-order valence-electron chi connectivity index (χ4n) is 8.50. The smallest absolute Gasteiger partial charge is 0.162 e. The Bertz CT molecular complexity index is 2240. The van der Waals surface area contributed by atoms with Gasteiger partial charge in [0.25, 0.3) is 0 Å². The number of aryl methyl sites for hydroxylation is 4. The Labute approximate surface area is 342 Å². The van der Waals surface area contributed by atoms with Gasteiger partial charge in [-0.15, -0.1) is 21.5 Å². The number of hydrogen-bond acceptors (Lipinski definition) is 8. The molecule has 0 radical (unpaired) electrons. The monoisotopic (exact) mass is 777 g/mol. The maximum Gasteiger partial charge on any atom is 0.162 e. The molecule has 3 aliphatic heterocycles. The van der Waals surface area contributed by atoms with Crippen LogP contribution in [-0.2, 0) is 12.8 Å². The molecule has 2 aromatic heterocycles. The Balaban J connectivity index is 0.000000219. The van der Waals surface area contributed by atoms with Gasteiger partial charge in [0.2, 0.25) is 0 Å². The summed E-state index contributed by atoms with van der Waals surface area (Å²) in [5.74, 6) is 3.02. The second kappa shape index (κ2) is 17.5. The van der Waals surface area contributed by atoms with Crippen molar-refractivity contribution >= 4 is 28.4 Å². The highest BCUT2D eigenvalue weighted by Crippen LogP contribution is 2.39. The first kappa shape index (κ1) is 38.6. The topological polar surface area (TPSA) is 73.0 Å². The van der Waals surface area contributed by atoms with Crippen LogP contribution < -0.4 is 9.80 Å². The number of phenolic OH excluding ortho intramolecular Hbond substituents is 1. The van der Waals surface area contributed by atoms with Gasteiger partial charge in [-0.1, -0.05) is 72.8 Å². The zero-order valence-corrected chi connectivity index (χ0v) is 34.6. The normalized spacial score (nSPS) is 17.7. The zero-order chi connectivity index (χ0) is 39.3. The number of hydrogen-bond donors (Lipinski definition) is 1. The fourth-order valence-corrected chi connectivity index (χ4v) is 9.72. The summed E-state index contributed by atoms with van der Waals surface area (Å²) in [5.41, 5.74) is 10.2. The number of fused-ring (bicyclic) bond motifs is 4. The minimum Gasteiger partial charge on any atom is -0.508 e. The Morgan fingerprint density at radius 3 is 2.02 bits per heavy atom. The molecule has 57 heavy (non-hydrogen) atoms. The van der Waals surface area contributed by atoms with E-state index in [4.69, 9.17) is 4.99 Å². The maximum absolute atomic E-state index is 9.19. The van der Waals surface area contributed by atoms with Gasteiger partial charge in [-0.25, -0.2) is 0 Å². The molecule has 9 heteroatoms. The van der Waals surface area contributed by atoms with Crippen molar-refractivity contribution in [1.29, 1.82) is 0 Å². The molecule has 8 nitrogen and oxygen atoms in total. The van der Waals surface area contributed by atoms with Crippen molar-refractivity contribution in [2.75, 3.05) is 55.6 Å². The minimum absolute atomic E-state index is 0.0568. The largest absolute Gasteiger partial charge is 0.508 e. The number of piperazine rings is 1. The summed E-state index contributed by atoms with van der Waals surface area (Å²) in [6.45, 7) is 16.5. The number of rotatable bonds is 5. The summed E-state index contributed by atoms with van der Waals surface area (Å²) in [4.78, 5) is 14.2. The second-order valence-electron chi connectivity index (χ2n) is 15.8. The standard InChI is InChI=1S/C32H37N7S.C10H12O.C6H6/c1-21-23(3)40-32-29(21)30(33-22(2)31-35-34-24(4)39(31)32)26-10-12-28(13-11-26)37-16-14-36(15-17-37)18-25-19-38(20-25)27-8-6-5-7-9-27;11-10-6-5-8-3-1-2-4-9(8)7-10;1-2-4-6-5-3-1/h5-13,22,25H,14-20H2,1-4H3;5-7,11H,1-4H2;1-6H/t22-;;/m0../s1. The minimum atomic E-state index is -0.0568. The van der Waals surface area contributed by atoms with Crippen LogP contribution in [0.2, 0.25) is 0 Å². The van der Waals surface area contributed by atoms with Crippen LogP contribution in [0, 0.1) is 26.7 Å². The number of para-hydroxylation sites is 1. The van der Waals surface area contributed by atoms with Crippen LogP contribution >= 0.6 is 11.3 Å². The highest BCUT2D eigenvalue weighted by Gasteiger charge is 2.31. The van der Waals surface area contributed by atoms with Crippen LogP contribution in [0.1, 0.15) is 70.2 Å². The molecule has 294 valence electrons. The molecular formula is C48H55N7OS. The Morgan fingerprint density at radius 1 is 0.702 bits per heavy atom. The summed E-state index contributed by atoms with van der Waals surface area (Å²) >= 11 is 1.81. The number of anilines is 2. The molecule has 4 aromatic carbocycles. The third-order valence-electron chi connectivity index (χ3n) is 11.8. The van der Waals surface area contributed by atoms with Crippen molar-refractivity contribution in [3.8, 4) is 10.8 Å². The molecule has 0 bridgehead atoms. The second-order valence-corrected chi connectivity index (χ2v) is 17.0. The first-order valence-corrected chi connectivity index (χ1v) is 21.4. The van der Waals surface area contributed by atoms with Crippen LogP contribution in [0.15, 0.2) is 114 Å². The van der Waals surface area contributed by atoms with Crippen molar-refractivity contribution in [1.82, 2.24) is 19.7 Å². The van der Waals surface area contributed by atoms with E-state index in [0.29, 0.717) is 5.75 Å². The third-order valence-corrected chi connectivity index (χ3v) is 13.0. The van der Waals surface area contributed by atoms with Gasteiger partial charge >= 0.3 is 0 Å². The summed E-state index contributed by atoms with van der Waals surface area (Å²) in [5, 5.41) is 19.2. The summed E-state index contributed by atoms with van der Waals surface area (Å²) in [6, 6.07) is 37.6. The quantitative estimate of drug-likeness (QED) is 0.188. The predicted molar refractivity (Wildman–Crippen MR) is 236 cm³/mol. The van der Waals surface area contributed by atoms with Gasteiger partial charge in [0.1, 0.15) is 22.6 Å². The lowest BCUT2D eigenvalue weighted by atomic mass is 9.92. The molecule has 1 atom stereocenters. The van der Waals surface area contributed by atoms with Gasteiger partial charge in [0, 0.05) is 79.1 Å². The number of thiophene rings is 1. The summed E-state index contributed by atoms with van der Waals surface area (Å²) in [6.07, 6.45) is 4.91. The van der Waals surface area contributed by atoms with Gasteiger partial charge in [-0.2, -0.15) is 0 Å². The first-order chi connectivity index (χ1) is 27.8. The number of aromatic hydroxyl groups is 1.